The molecule has 0 saturated heterocycles. The number of benzene rings is 1. The average molecular weight is 252 g/mol. The summed E-state index contributed by atoms with van der Waals surface area (Å²) in [6.07, 6.45) is 0. The van der Waals surface area contributed by atoms with Crippen LogP contribution in [0.25, 0.3) is 10.2 Å². The monoisotopic (exact) mass is 252 g/mol. The number of esters is 1. The Bertz CT molecular complexity index is 565. The fraction of sp³-hybridized carbons (Fsp3) is 0.273. The van der Waals surface area contributed by atoms with Gasteiger partial charge >= 0.3 is 5.97 Å². The number of nitrogens with two attached hydrogens (primary N) is 1. The molecule has 0 aliphatic heterocycles. The number of thiazole rings is 1. The van der Waals surface area contributed by atoms with Crippen molar-refractivity contribution in [1.82, 2.24) is 4.98 Å². The van der Waals surface area contributed by atoms with Gasteiger partial charge in [-0.3, -0.25) is 0 Å². The van der Waals surface area contributed by atoms with Crippen molar-refractivity contribution in [3.05, 3.63) is 17.7 Å². The van der Waals surface area contributed by atoms with E-state index in [0.29, 0.717) is 23.1 Å². The summed E-state index contributed by atoms with van der Waals surface area (Å²) in [4.78, 5) is 15.9. The molecule has 0 atom stereocenters. The Morgan fingerprint density at radius 1 is 1.53 bits per heavy atom. The van der Waals surface area contributed by atoms with Crippen molar-refractivity contribution in [1.29, 1.82) is 0 Å². The lowest BCUT2D eigenvalue weighted by atomic mass is 10.2. The highest BCUT2D eigenvalue weighted by molar-refractivity contribution is 7.22. The largest absolute Gasteiger partial charge is 0.496 e. The van der Waals surface area contributed by atoms with E-state index in [4.69, 9.17) is 15.2 Å². The summed E-state index contributed by atoms with van der Waals surface area (Å²) in [5.74, 6) is 0.0412. The van der Waals surface area contributed by atoms with E-state index in [1.807, 2.05) is 0 Å². The molecule has 2 N–H and O–H groups in total. The topological polar surface area (TPSA) is 74.4 Å². The van der Waals surface area contributed by atoms with Crippen LogP contribution in [0.2, 0.25) is 0 Å². The van der Waals surface area contributed by atoms with Crippen molar-refractivity contribution in [2.24, 2.45) is 0 Å². The lowest BCUT2D eigenvalue weighted by molar-refractivity contribution is 0.0523. The molecule has 0 fully saturated rings. The van der Waals surface area contributed by atoms with E-state index in [-0.39, 0.29) is 0 Å². The average Bonchev–Trinajstić information content (AvgIpc) is 2.66. The Morgan fingerprint density at radius 3 is 2.94 bits per heavy atom. The van der Waals surface area contributed by atoms with E-state index in [9.17, 15) is 4.79 Å². The highest BCUT2D eigenvalue weighted by Gasteiger charge is 2.16. The molecule has 0 spiro atoms. The number of nitrogens with zero attached hydrogens (tertiary/aromatic N) is 1. The third kappa shape index (κ3) is 2.16. The smallest absolute Gasteiger partial charge is 0.341 e. The maximum atomic E-state index is 11.7. The van der Waals surface area contributed by atoms with Crippen LogP contribution in [0.3, 0.4) is 0 Å². The molecule has 17 heavy (non-hydrogen) atoms. The number of carbonyl (C=O) groups is 1. The van der Waals surface area contributed by atoms with Gasteiger partial charge in [0.05, 0.1) is 23.9 Å². The zero-order chi connectivity index (χ0) is 12.4. The van der Waals surface area contributed by atoms with Crippen LogP contribution in [0.15, 0.2) is 12.1 Å². The molecule has 1 heterocycles. The predicted octanol–water partition coefficient (Wildman–Crippen LogP) is 2.06. The number of anilines is 1. The van der Waals surface area contributed by atoms with Crippen LogP contribution in [0.5, 0.6) is 5.75 Å². The van der Waals surface area contributed by atoms with Crippen LogP contribution in [-0.4, -0.2) is 24.7 Å². The predicted molar refractivity (Wildman–Crippen MR) is 66.5 cm³/mol. The van der Waals surface area contributed by atoms with Crippen LogP contribution < -0.4 is 10.5 Å². The molecule has 0 amide bonds. The molecule has 0 saturated carbocycles. The lowest BCUT2D eigenvalue weighted by Gasteiger charge is -2.07. The Kier molecular flexibility index (Phi) is 3.14. The van der Waals surface area contributed by atoms with E-state index in [1.165, 1.54) is 18.4 Å². The first-order valence-corrected chi connectivity index (χ1v) is 5.88. The maximum absolute atomic E-state index is 11.7. The standard InChI is InChI=1S/C11H12N2O3S/c1-3-16-10(14)6-4-9-7(5-8(6)15-2)13-11(12)17-9/h4-5H,3H2,1-2H3,(H2,12,13). The molecule has 0 aliphatic rings. The summed E-state index contributed by atoms with van der Waals surface area (Å²) >= 11 is 1.32. The normalized spacial score (nSPS) is 10.5. The molecule has 2 aromatic rings. The van der Waals surface area contributed by atoms with Crippen molar-refractivity contribution in [3.8, 4) is 5.75 Å². The molecule has 2 rings (SSSR count). The molecule has 0 aliphatic carbocycles. The third-order valence-electron chi connectivity index (χ3n) is 2.22. The fourth-order valence-electron chi connectivity index (χ4n) is 1.51. The van der Waals surface area contributed by atoms with Gasteiger partial charge in [-0.25, -0.2) is 9.78 Å². The van der Waals surface area contributed by atoms with Crippen molar-refractivity contribution in [2.45, 2.75) is 6.92 Å². The molecule has 90 valence electrons. The van der Waals surface area contributed by atoms with Gasteiger partial charge in [-0.15, -0.1) is 0 Å². The van der Waals surface area contributed by atoms with Crippen molar-refractivity contribution >= 4 is 32.7 Å². The van der Waals surface area contributed by atoms with Crippen LogP contribution in [-0.2, 0) is 4.74 Å². The number of ether oxygens (including phenoxy) is 2. The van der Waals surface area contributed by atoms with E-state index < -0.39 is 5.97 Å². The second-order valence-corrected chi connectivity index (χ2v) is 4.36. The van der Waals surface area contributed by atoms with Gasteiger partial charge in [-0.1, -0.05) is 11.3 Å². The first-order valence-electron chi connectivity index (χ1n) is 5.07. The number of aromatic nitrogens is 1. The summed E-state index contributed by atoms with van der Waals surface area (Å²) in [6.45, 7) is 2.08. The van der Waals surface area contributed by atoms with Crippen LogP contribution in [0.4, 0.5) is 5.13 Å². The summed E-state index contributed by atoms with van der Waals surface area (Å²) in [7, 11) is 1.50. The highest BCUT2D eigenvalue weighted by Crippen LogP contribution is 2.31. The second kappa shape index (κ2) is 4.58. The summed E-state index contributed by atoms with van der Waals surface area (Å²) in [5, 5.41) is 0.461. The van der Waals surface area contributed by atoms with Gasteiger partial charge in [0, 0.05) is 6.07 Å². The van der Waals surface area contributed by atoms with E-state index >= 15 is 0 Å². The van der Waals surface area contributed by atoms with E-state index in [0.717, 1.165) is 10.2 Å². The number of fused-ring (bicyclic) bond motifs is 1. The van der Waals surface area contributed by atoms with Crippen LogP contribution in [0.1, 0.15) is 17.3 Å². The summed E-state index contributed by atoms with van der Waals surface area (Å²) in [5.41, 5.74) is 6.73. The number of methoxy groups -OCH3 is 1. The van der Waals surface area contributed by atoms with Gasteiger partial charge < -0.3 is 15.2 Å². The SMILES string of the molecule is CCOC(=O)c1cc2sc(N)nc2cc1OC. The lowest BCUT2D eigenvalue weighted by Crippen LogP contribution is -2.06. The quantitative estimate of drug-likeness (QED) is 0.846. The van der Waals surface area contributed by atoms with Gasteiger partial charge in [0.2, 0.25) is 0 Å². The highest BCUT2D eigenvalue weighted by atomic mass is 32.1. The molecule has 0 radical (unpaired) electrons. The van der Waals surface area contributed by atoms with E-state index in [1.54, 1.807) is 19.1 Å². The van der Waals surface area contributed by atoms with E-state index in [2.05, 4.69) is 4.98 Å². The number of hydrogen-bond donors (Lipinski definition) is 1. The summed E-state index contributed by atoms with van der Waals surface area (Å²) in [6, 6.07) is 3.38. The second-order valence-electron chi connectivity index (χ2n) is 3.29. The molecular weight excluding hydrogens is 240 g/mol. The minimum atomic E-state index is -0.404. The number of hydrogen-bond acceptors (Lipinski definition) is 6. The fourth-order valence-corrected chi connectivity index (χ4v) is 2.27. The van der Waals surface area contributed by atoms with Crippen LogP contribution >= 0.6 is 11.3 Å². The van der Waals surface area contributed by atoms with Crippen molar-refractivity contribution < 1.29 is 14.3 Å². The Hall–Kier alpha value is -1.82. The molecule has 1 aromatic heterocycles. The summed E-state index contributed by atoms with van der Waals surface area (Å²) < 4.78 is 11.0. The molecule has 1 aromatic carbocycles. The van der Waals surface area contributed by atoms with Crippen molar-refractivity contribution in [2.75, 3.05) is 19.5 Å². The van der Waals surface area contributed by atoms with Gasteiger partial charge in [-0.05, 0) is 13.0 Å². The zero-order valence-electron chi connectivity index (χ0n) is 9.52. The Labute approximate surface area is 102 Å². The number of rotatable bonds is 3. The minimum Gasteiger partial charge on any atom is -0.496 e. The first kappa shape index (κ1) is 11.7. The third-order valence-corrected chi connectivity index (χ3v) is 3.07. The molecular formula is C11H12N2O3S. The van der Waals surface area contributed by atoms with Crippen LogP contribution in [0, 0.1) is 0 Å². The van der Waals surface area contributed by atoms with Gasteiger partial charge in [-0.2, -0.15) is 0 Å². The van der Waals surface area contributed by atoms with Gasteiger partial charge in [0.15, 0.2) is 5.13 Å². The molecule has 0 unspecified atom stereocenters. The first-order chi connectivity index (χ1) is 8.15. The van der Waals surface area contributed by atoms with Gasteiger partial charge in [0.1, 0.15) is 11.3 Å². The minimum absolute atomic E-state index is 0.324. The number of carbonyl (C=O) groups excluding carboxylic acids is 1. The maximum Gasteiger partial charge on any atom is 0.341 e. The van der Waals surface area contributed by atoms with Crippen molar-refractivity contribution in [3.63, 3.8) is 0 Å². The molecule has 6 heteroatoms. The van der Waals surface area contributed by atoms with Gasteiger partial charge in [0.25, 0.3) is 0 Å². The molecule has 5 nitrogen and oxygen atoms in total. The number of nitrogen functional groups attached to an aromatic ring is 1. The zero-order valence-corrected chi connectivity index (χ0v) is 10.3. The Balaban J connectivity index is 2.55. The Morgan fingerprint density at radius 2 is 2.29 bits per heavy atom. The molecule has 0 bridgehead atoms.